The molecule has 0 fully saturated rings. The van der Waals surface area contributed by atoms with E-state index in [-0.39, 0.29) is 31.1 Å². The summed E-state index contributed by atoms with van der Waals surface area (Å²) in [5.41, 5.74) is 0. The molecule has 0 radical (unpaired) electrons. The summed E-state index contributed by atoms with van der Waals surface area (Å²) >= 11 is 0. The molecule has 0 aromatic carbocycles. The Bertz CT molecular complexity index is 1310. The summed E-state index contributed by atoms with van der Waals surface area (Å²) in [6.45, 7) is 6.71. The third-order valence-corrected chi connectivity index (χ3v) is 17.0. The fourth-order valence-electron chi connectivity index (χ4n) is 11.4. The molecule has 0 rings (SSSR count). The first-order chi connectivity index (χ1) is 40.0. The van der Waals surface area contributed by atoms with Crippen molar-refractivity contribution in [2.45, 2.75) is 425 Å². The van der Waals surface area contributed by atoms with Crippen LogP contribution in [0.1, 0.15) is 419 Å². The highest BCUT2D eigenvalue weighted by Crippen LogP contribution is 2.19. The number of ether oxygens (including phenoxy) is 3. The lowest BCUT2D eigenvalue weighted by atomic mass is 10.0. The minimum Gasteiger partial charge on any atom is -0.462 e. The van der Waals surface area contributed by atoms with E-state index >= 15 is 0 Å². The van der Waals surface area contributed by atoms with Gasteiger partial charge in [-0.15, -0.1) is 0 Å². The van der Waals surface area contributed by atoms with Gasteiger partial charge in [0, 0.05) is 19.3 Å². The third-order valence-electron chi connectivity index (χ3n) is 17.0. The third kappa shape index (κ3) is 68.6. The van der Waals surface area contributed by atoms with Crippen LogP contribution < -0.4 is 0 Å². The fraction of sp³-hybridized carbons (Fsp3) is 0.907. The van der Waals surface area contributed by atoms with Gasteiger partial charge < -0.3 is 14.2 Å². The molecular weight excluding hydrogens is 997 g/mol. The van der Waals surface area contributed by atoms with E-state index in [1.165, 1.54) is 315 Å². The summed E-state index contributed by atoms with van der Waals surface area (Å²) in [5.74, 6) is -0.833. The van der Waals surface area contributed by atoms with E-state index in [4.69, 9.17) is 14.2 Å². The summed E-state index contributed by atoms with van der Waals surface area (Å²) in [6.07, 6.45) is 86.6. The van der Waals surface area contributed by atoms with Gasteiger partial charge in [-0.1, -0.05) is 373 Å². The molecule has 1 unspecified atom stereocenters. The quantitative estimate of drug-likeness (QED) is 0.0261. The Morgan fingerprint density at radius 2 is 0.444 bits per heavy atom. The van der Waals surface area contributed by atoms with E-state index in [0.29, 0.717) is 19.3 Å². The molecule has 6 nitrogen and oxygen atoms in total. The second-order valence-corrected chi connectivity index (χ2v) is 25.2. The minimum atomic E-state index is -0.768. The summed E-state index contributed by atoms with van der Waals surface area (Å²) in [6, 6.07) is 0. The SMILES string of the molecule is CCCCCCC/C=C\C/C=C\CCCCCCCCCCCCCCCC(=O)OC(COC(=O)CCCCCCCCCCCCC)COC(=O)CCCCCCCCCCCCCCCCCCCCCCCCCCCCC. The van der Waals surface area contributed by atoms with Crippen LogP contribution in [-0.2, 0) is 28.6 Å². The van der Waals surface area contributed by atoms with E-state index in [2.05, 4.69) is 45.1 Å². The molecule has 0 spiro atoms. The average molecular weight is 1140 g/mol. The van der Waals surface area contributed by atoms with Crippen molar-refractivity contribution >= 4 is 17.9 Å². The number of carbonyl (C=O) groups excluding carboxylic acids is 3. The van der Waals surface area contributed by atoms with E-state index in [1.807, 2.05) is 0 Å². The van der Waals surface area contributed by atoms with Crippen molar-refractivity contribution < 1.29 is 28.6 Å². The van der Waals surface area contributed by atoms with E-state index in [1.54, 1.807) is 0 Å². The molecule has 0 aliphatic heterocycles. The minimum absolute atomic E-state index is 0.0644. The smallest absolute Gasteiger partial charge is 0.306 e. The Kier molecular flexibility index (Phi) is 68.5. The predicted octanol–water partition coefficient (Wildman–Crippen LogP) is 25.3. The molecule has 0 aromatic rings. The maximum atomic E-state index is 13.0. The number of hydrogen-bond acceptors (Lipinski definition) is 6. The highest BCUT2D eigenvalue weighted by Gasteiger charge is 2.20. The van der Waals surface area contributed by atoms with Gasteiger partial charge in [-0.05, 0) is 51.4 Å². The molecule has 0 aliphatic carbocycles. The molecule has 1 atom stereocenters. The zero-order valence-electron chi connectivity index (χ0n) is 55.1. The Morgan fingerprint density at radius 3 is 0.679 bits per heavy atom. The van der Waals surface area contributed by atoms with Gasteiger partial charge >= 0.3 is 17.9 Å². The molecule has 0 aliphatic rings. The van der Waals surface area contributed by atoms with Gasteiger partial charge in [0.1, 0.15) is 13.2 Å². The number of carbonyl (C=O) groups is 3. The average Bonchev–Trinajstić information content (AvgIpc) is 3.47. The Morgan fingerprint density at radius 1 is 0.247 bits per heavy atom. The first-order valence-corrected chi connectivity index (χ1v) is 36.8. The largest absolute Gasteiger partial charge is 0.462 e. The highest BCUT2D eigenvalue weighted by molar-refractivity contribution is 5.71. The molecule has 0 heterocycles. The Labute approximate surface area is 506 Å². The number of rotatable bonds is 69. The zero-order chi connectivity index (χ0) is 58.5. The summed E-state index contributed by atoms with van der Waals surface area (Å²) < 4.78 is 17.0. The molecule has 0 aromatic heterocycles. The number of allylic oxidation sites excluding steroid dienone is 4. The fourth-order valence-corrected chi connectivity index (χ4v) is 11.4. The highest BCUT2D eigenvalue weighted by atomic mass is 16.6. The van der Waals surface area contributed by atoms with Gasteiger partial charge in [0.15, 0.2) is 6.10 Å². The monoisotopic (exact) mass is 1140 g/mol. The van der Waals surface area contributed by atoms with Gasteiger partial charge in [0.25, 0.3) is 0 Å². The Hall–Kier alpha value is -2.11. The maximum absolute atomic E-state index is 13.0. The van der Waals surface area contributed by atoms with Crippen molar-refractivity contribution in [1.29, 1.82) is 0 Å². The molecule has 0 saturated heterocycles. The van der Waals surface area contributed by atoms with Crippen LogP contribution in [0, 0.1) is 0 Å². The lowest BCUT2D eigenvalue weighted by Crippen LogP contribution is -2.30. The lowest BCUT2D eigenvalue weighted by Gasteiger charge is -2.18. The summed E-state index contributed by atoms with van der Waals surface area (Å²) in [4.78, 5) is 38.4. The van der Waals surface area contributed by atoms with Crippen molar-refractivity contribution in [3.63, 3.8) is 0 Å². The van der Waals surface area contributed by atoms with Crippen LogP contribution in [0.15, 0.2) is 24.3 Å². The molecule has 0 N–H and O–H groups in total. The van der Waals surface area contributed by atoms with Crippen LogP contribution in [0.2, 0.25) is 0 Å². The topological polar surface area (TPSA) is 78.9 Å². The van der Waals surface area contributed by atoms with Crippen LogP contribution in [0.5, 0.6) is 0 Å². The molecule has 478 valence electrons. The number of esters is 3. The van der Waals surface area contributed by atoms with Gasteiger partial charge in [0.2, 0.25) is 0 Å². The molecular formula is C75H142O6. The first-order valence-electron chi connectivity index (χ1n) is 36.8. The van der Waals surface area contributed by atoms with Crippen molar-refractivity contribution in [2.24, 2.45) is 0 Å². The van der Waals surface area contributed by atoms with Crippen LogP contribution in [0.3, 0.4) is 0 Å². The molecule has 0 amide bonds. The summed E-state index contributed by atoms with van der Waals surface area (Å²) in [5, 5.41) is 0. The van der Waals surface area contributed by atoms with Crippen molar-refractivity contribution in [3.8, 4) is 0 Å². The number of unbranched alkanes of at least 4 members (excludes halogenated alkanes) is 54. The normalized spacial score (nSPS) is 12.1. The van der Waals surface area contributed by atoms with Crippen molar-refractivity contribution in [2.75, 3.05) is 13.2 Å². The van der Waals surface area contributed by atoms with Gasteiger partial charge in [-0.3, -0.25) is 14.4 Å². The second-order valence-electron chi connectivity index (χ2n) is 25.2. The van der Waals surface area contributed by atoms with Crippen molar-refractivity contribution in [3.05, 3.63) is 24.3 Å². The van der Waals surface area contributed by atoms with E-state index in [9.17, 15) is 14.4 Å². The van der Waals surface area contributed by atoms with Crippen LogP contribution in [0.4, 0.5) is 0 Å². The molecule has 81 heavy (non-hydrogen) atoms. The molecule has 0 bridgehead atoms. The second kappa shape index (κ2) is 70.4. The van der Waals surface area contributed by atoms with Crippen LogP contribution in [-0.4, -0.2) is 37.2 Å². The predicted molar refractivity (Wildman–Crippen MR) is 353 cm³/mol. The van der Waals surface area contributed by atoms with Gasteiger partial charge in [0.05, 0.1) is 0 Å². The van der Waals surface area contributed by atoms with Gasteiger partial charge in [-0.25, -0.2) is 0 Å². The van der Waals surface area contributed by atoms with E-state index < -0.39 is 6.10 Å². The molecule has 0 saturated carbocycles. The van der Waals surface area contributed by atoms with E-state index in [0.717, 1.165) is 64.2 Å². The lowest BCUT2D eigenvalue weighted by molar-refractivity contribution is -0.167. The van der Waals surface area contributed by atoms with Crippen molar-refractivity contribution in [1.82, 2.24) is 0 Å². The Balaban J connectivity index is 4.14. The van der Waals surface area contributed by atoms with Gasteiger partial charge in [-0.2, -0.15) is 0 Å². The first kappa shape index (κ1) is 78.9. The van der Waals surface area contributed by atoms with Crippen LogP contribution >= 0.6 is 0 Å². The standard InChI is InChI=1S/C75H142O6/c1-4-7-10-13-16-19-22-24-26-28-30-32-34-36-37-39-40-42-44-46-48-50-53-56-59-62-65-68-74(77)80-71-72(70-79-73(76)67-64-61-58-55-52-21-18-15-12-9-6-3)81-75(78)69-66-63-60-57-54-51-49-47-45-43-41-38-35-33-31-29-27-25-23-20-17-14-11-8-5-2/h23,25,29,31,72H,4-22,24,26-28,30,32-71H2,1-3H3/b25-23-,31-29-. The number of hydrogen-bond donors (Lipinski definition) is 0. The molecule has 6 heteroatoms. The zero-order valence-corrected chi connectivity index (χ0v) is 55.1. The van der Waals surface area contributed by atoms with Crippen LogP contribution in [0.25, 0.3) is 0 Å². The maximum Gasteiger partial charge on any atom is 0.306 e. The summed E-state index contributed by atoms with van der Waals surface area (Å²) in [7, 11) is 0.